The monoisotopic (exact) mass is 329 g/mol. The van der Waals surface area contributed by atoms with Crippen LogP contribution in [-0.2, 0) is 5.41 Å². The molecule has 126 valence electrons. The first-order chi connectivity index (χ1) is 11.2. The summed E-state index contributed by atoms with van der Waals surface area (Å²) in [4.78, 5) is 10.5. The van der Waals surface area contributed by atoms with Gasteiger partial charge in [0.15, 0.2) is 11.4 Å². The fourth-order valence-corrected chi connectivity index (χ4v) is 4.73. The lowest BCUT2D eigenvalue weighted by molar-refractivity contribution is -0.604. The third-order valence-corrected chi connectivity index (χ3v) is 6.46. The lowest BCUT2D eigenvalue weighted by Gasteiger charge is -2.32. The van der Waals surface area contributed by atoms with Crippen molar-refractivity contribution >= 4 is 5.69 Å². The molecule has 0 saturated heterocycles. The Kier molecular flexibility index (Phi) is 2.68. The molecule has 2 atom stereocenters. The number of hydrogen-bond acceptors (Lipinski definition) is 4. The molecule has 0 spiro atoms. The van der Waals surface area contributed by atoms with E-state index in [2.05, 4.69) is 20.8 Å². The second-order valence-electron chi connectivity index (χ2n) is 7.62. The molecule has 1 saturated carbocycles. The van der Waals surface area contributed by atoms with E-state index in [0.29, 0.717) is 17.0 Å². The van der Waals surface area contributed by atoms with Crippen LogP contribution in [-0.4, -0.2) is 14.9 Å². The van der Waals surface area contributed by atoms with E-state index in [9.17, 15) is 20.5 Å². The van der Waals surface area contributed by atoms with E-state index in [1.54, 1.807) is 6.07 Å². The molecule has 24 heavy (non-hydrogen) atoms. The summed E-state index contributed by atoms with van der Waals surface area (Å²) in [6.07, 6.45) is 1.83. The highest BCUT2D eigenvalue weighted by Crippen LogP contribution is 2.67. The second kappa shape index (κ2) is 4.28. The highest BCUT2D eigenvalue weighted by atomic mass is 16.6. The van der Waals surface area contributed by atoms with Crippen LogP contribution in [0.3, 0.4) is 0 Å². The van der Waals surface area contributed by atoms with E-state index in [4.69, 9.17) is 0 Å². The molecule has 2 aromatic rings. The van der Waals surface area contributed by atoms with Crippen LogP contribution < -0.4 is 4.73 Å². The van der Waals surface area contributed by atoms with Gasteiger partial charge in [0.2, 0.25) is 0 Å². The van der Waals surface area contributed by atoms with Crippen molar-refractivity contribution in [2.24, 2.45) is 5.41 Å². The van der Waals surface area contributed by atoms with Gasteiger partial charge in [0.1, 0.15) is 0 Å². The number of imidazole rings is 1. The minimum absolute atomic E-state index is 0.0531. The maximum Gasteiger partial charge on any atom is 0.331 e. The van der Waals surface area contributed by atoms with Crippen LogP contribution in [0.15, 0.2) is 24.3 Å². The summed E-state index contributed by atoms with van der Waals surface area (Å²) in [7, 11) is 0. The van der Waals surface area contributed by atoms with Crippen molar-refractivity contribution in [3.05, 3.63) is 51.0 Å². The van der Waals surface area contributed by atoms with Crippen molar-refractivity contribution in [2.75, 3.05) is 0 Å². The zero-order valence-electron chi connectivity index (χ0n) is 13.8. The molecular formula is C17H19N3O4. The van der Waals surface area contributed by atoms with Gasteiger partial charge in [0.05, 0.1) is 10.5 Å². The first-order valence-corrected chi connectivity index (χ1v) is 8.03. The molecule has 0 aliphatic heterocycles. The molecule has 2 aliphatic rings. The van der Waals surface area contributed by atoms with Crippen molar-refractivity contribution in [3.63, 3.8) is 0 Å². The van der Waals surface area contributed by atoms with Gasteiger partial charge in [0.25, 0.3) is 5.69 Å². The van der Waals surface area contributed by atoms with Gasteiger partial charge >= 0.3 is 5.82 Å². The van der Waals surface area contributed by atoms with Gasteiger partial charge < -0.3 is 10.4 Å². The van der Waals surface area contributed by atoms with Crippen LogP contribution in [0.1, 0.15) is 50.9 Å². The van der Waals surface area contributed by atoms with E-state index in [1.165, 1.54) is 18.2 Å². The number of hydrogen-bond donors (Lipinski definition) is 1. The SMILES string of the molecule is CC1(C)[C@H]2CC[C@]1(C)c1c2[n+]([O-])c(-c2cccc([N+](=O)[O-])c2)n1O. The van der Waals surface area contributed by atoms with Gasteiger partial charge in [0, 0.05) is 23.5 Å². The predicted octanol–water partition coefficient (Wildman–Crippen LogP) is 3.11. The molecule has 0 amide bonds. The number of nitrogens with zero attached hydrogens (tertiary/aromatic N) is 3. The summed E-state index contributed by atoms with van der Waals surface area (Å²) in [6, 6.07) is 5.81. The van der Waals surface area contributed by atoms with Crippen LogP contribution in [0.25, 0.3) is 11.4 Å². The van der Waals surface area contributed by atoms with Crippen molar-refractivity contribution in [3.8, 4) is 11.4 Å². The standard InChI is InChI=1S/C17H19N3O4/c1-16(2)12-7-8-17(16,3)14-13(12)18(21)15(19(14)22)10-5-4-6-11(9-10)20(23)24/h4-6,9,12,22H,7-8H2,1-3H3/t12-,17+/m0/s1. The third kappa shape index (κ3) is 1.50. The fourth-order valence-electron chi connectivity index (χ4n) is 4.73. The van der Waals surface area contributed by atoms with Gasteiger partial charge in [-0.1, -0.05) is 26.8 Å². The normalized spacial score (nSPS) is 26.5. The van der Waals surface area contributed by atoms with E-state index in [0.717, 1.165) is 22.3 Å². The summed E-state index contributed by atoms with van der Waals surface area (Å²) in [6.45, 7) is 6.36. The molecule has 1 aromatic heterocycles. The summed E-state index contributed by atoms with van der Waals surface area (Å²) in [5.41, 5.74) is 1.11. The smallest absolute Gasteiger partial charge is 0.331 e. The largest absolute Gasteiger partial charge is 0.710 e. The molecule has 1 aromatic carbocycles. The Labute approximate surface area is 138 Å². The Morgan fingerprint density at radius 3 is 2.71 bits per heavy atom. The van der Waals surface area contributed by atoms with Crippen molar-refractivity contribution < 1.29 is 14.9 Å². The second-order valence-corrected chi connectivity index (χ2v) is 7.62. The molecule has 0 radical (unpaired) electrons. The van der Waals surface area contributed by atoms with Gasteiger partial charge in [-0.3, -0.25) is 10.1 Å². The summed E-state index contributed by atoms with van der Waals surface area (Å²) in [5, 5.41) is 34.7. The number of nitro groups is 1. The molecule has 4 rings (SSSR count). The van der Waals surface area contributed by atoms with Gasteiger partial charge in [-0.05, 0) is 29.1 Å². The Morgan fingerprint density at radius 1 is 1.38 bits per heavy atom. The predicted molar refractivity (Wildman–Crippen MR) is 85.8 cm³/mol. The number of nitro benzene ring substituents is 1. The van der Waals surface area contributed by atoms with Crippen molar-refractivity contribution in [1.29, 1.82) is 0 Å². The minimum Gasteiger partial charge on any atom is -0.710 e. The van der Waals surface area contributed by atoms with Gasteiger partial charge in [-0.25, -0.2) is 4.73 Å². The topological polar surface area (TPSA) is 95.2 Å². The number of fused-ring (bicyclic) bond motifs is 5. The maximum absolute atomic E-state index is 12.9. The Balaban J connectivity index is 1.96. The zero-order chi connectivity index (χ0) is 17.4. The summed E-state index contributed by atoms with van der Waals surface area (Å²) < 4.78 is 1.73. The van der Waals surface area contributed by atoms with Gasteiger partial charge in [-0.2, -0.15) is 0 Å². The molecule has 2 aliphatic carbocycles. The quantitative estimate of drug-likeness (QED) is 0.301. The zero-order valence-corrected chi connectivity index (χ0v) is 13.8. The van der Waals surface area contributed by atoms with E-state index < -0.39 is 4.92 Å². The molecule has 1 N–H and O–H groups in total. The van der Waals surface area contributed by atoms with Crippen molar-refractivity contribution in [2.45, 2.75) is 44.9 Å². The minimum atomic E-state index is -0.509. The number of aromatic nitrogens is 2. The molecule has 7 heteroatoms. The lowest BCUT2D eigenvalue weighted by Crippen LogP contribution is -2.36. The van der Waals surface area contributed by atoms with E-state index in [1.807, 2.05) is 0 Å². The van der Waals surface area contributed by atoms with Crippen LogP contribution >= 0.6 is 0 Å². The van der Waals surface area contributed by atoms with Crippen LogP contribution in [0, 0.1) is 20.7 Å². The first-order valence-electron chi connectivity index (χ1n) is 8.03. The molecule has 1 heterocycles. The number of benzene rings is 1. The Hall–Kier alpha value is -2.57. The summed E-state index contributed by atoms with van der Waals surface area (Å²) >= 11 is 0. The van der Waals surface area contributed by atoms with Crippen LogP contribution in [0.4, 0.5) is 5.69 Å². The molecule has 7 nitrogen and oxygen atoms in total. The number of non-ortho nitro benzene ring substituents is 1. The highest BCUT2D eigenvalue weighted by Gasteiger charge is 2.66. The third-order valence-electron chi connectivity index (χ3n) is 6.46. The Bertz CT molecular complexity index is 886. The molecular weight excluding hydrogens is 310 g/mol. The molecule has 1 fully saturated rings. The van der Waals surface area contributed by atoms with Crippen LogP contribution in [0.5, 0.6) is 0 Å². The fraction of sp³-hybridized carbons (Fsp3) is 0.471. The first kappa shape index (κ1) is 15.0. The van der Waals surface area contributed by atoms with E-state index >= 15 is 0 Å². The summed E-state index contributed by atoms with van der Waals surface area (Å²) in [5.74, 6) is 0.137. The molecule has 0 unspecified atom stereocenters. The highest BCUT2D eigenvalue weighted by molar-refractivity contribution is 5.59. The Morgan fingerprint density at radius 2 is 2.08 bits per heavy atom. The maximum atomic E-state index is 12.9. The van der Waals surface area contributed by atoms with E-state index in [-0.39, 0.29) is 28.3 Å². The number of rotatable bonds is 2. The van der Waals surface area contributed by atoms with Gasteiger partial charge in [-0.15, -0.1) is 0 Å². The lowest BCUT2D eigenvalue weighted by atomic mass is 9.70. The average molecular weight is 329 g/mol. The van der Waals surface area contributed by atoms with Crippen molar-refractivity contribution in [1.82, 2.24) is 4.73 Å². The molecule has 2 bridgehead atoms. The average Bonchev–Trinajstić information content (AvgIpc) is 2.99. The van der Waals surface area contributed by atoms with Crippen LogP contribution in [0.2, 0.25) is 0 Å².